The summed E-state index contributed by atoms with van der Waals surface area (Å²) in [6.45, 7) is 2.83. The van der Waals surface area contributed by atoms with E-state index >= 15 is 0 Å². The van der Waals surface area contributed by atoms with Crippen LogP contribution >= 0.6 is 11.3 Å². The molecular formula is C17H17N5O2S. The molecule has 0 aliphatic carbocycles. The molecule has 0 aromatic carbocycles. The lowest BCUT2D eigenvalue weighted by Crippen LogP contribution is -2.52. The largest absolute Gasteiger partial charge is 0.365 e. The SMILES string of the molecule is N#Cc1ccnc(N2CCOC(C(=O)N3CCc4sccc4C3)C2)n1. The van der Waals surface area contributed by atoms with Crippen molar-refractivity contribution in [2.45, 2.75) is 19.1 Å². The van der Waals surface area contributed by atoms with Crippen LogP contribution in [-0.4, -0.2) is 53.1 Å². The van der Waals surface area contributed by atoms with Crippen LogP contribution in [0.15, 0.2) is 23.7 Å². The van der Waals surface area contributed by atoms with Gasteiger partial charge in [-0.3, -0.25) is 4.79 Å². The lowest BCUT2D eigenvalue weighted by Gasteiger charge is -2.36. The Kier molecular flexibility index (Phi) is 4.34. The van der Waals surface area contributed by atoms with Gasteiger partial charge >= 0.3 is 0 Å². The Labute approximate surface area is 149 Å². The molecule has 0 N–H and O–H groups in total. The fraction of sp³-hybridized carbons (Fsp3) is 0.412. The summed E-state index contributed by atoms with van der Waals surface area (Å²) in [6.07, 6.45) is 1.95. The molecular weight excluding hydrogens is 338 g/mol. The van der Waals surface area contributed by atoms with Crippen molar-refractivity contribution in [3.8, 4) is 6.07 Å². The van der Waals surface area contributed by atoms with E-state index in [-0.39, 0.29) is 5.91 Å². The lowest BCUT2D eigenvalue weighted by molar-refractivity contribution is -0.145. The molecule has 2 aliphatic heterocycles. The minimum absolute atomic E-state index is 0.0120. The van der Waals surface area contributed by atoms with Crippen molar-refractivity contribution >= 4 is 23.2 Å². The number of thiophene rings is 1. The van der Waals surface area contributed by atoms with Crippen molar-refractivity contribution in [2.75, 3.05) is 31.1 Å². The highest BCUT2D eigenvalue weighted by molar-refractivity contribution is 7.10. The van der Waals surface area contributed by atoms with Gasteiger partial charge in [-0.15, -0.1) is 11.3 Å². The standard InChI is InChI=1S/C17H17N5O2S/c18-9-13-1-4-19-17(20-13)22-6-7-24-14(11-22)16(23)21-5-2-15-12(10-21)3-8-25-15/h1,3-4,8,14H,2,5-7,10-11H2. The number of nitriles is 1. The van der Waals surface area contributed by atoms with Crippen molar-refractivity contribution < 1.29 is 9.53 Å². The molecule has 4 heterocycles. The highest BCUT2D eigenvalue weighted by atomic mass is 32.1. The maximum atomic E-state index is 12.9. The zero-order chi connectivity index (χ0) is 17.2. The molecule has 128 valence electrons. The summed E-state index contributed by atoms with van der Waals surface area (Å²) in [6, 6.07) is 5.68. The number of ether oxygens (including phenoxy) is 1. The van der Waals surface area contributed by atoms with Crippen molar-refractivity contribution in [1.29, 1.82) is 5.26 Å². The molecule has 2 aromatic heterocycles. The third-order valence-electron chi connectivity index (χ3n) is 4.50. The molecule has 1 saturated heterocycles. The van der Waals surface area contributed by atoms with E-state index in [2.05, 4.69) is 21.4 Å². The first-order chi connectivity index (χ1) is 12.2. The molecule has 1 fully saturated rings. The van der Waals surface area contributed by atoms with E-state index in [4.69, 9.17) is 10.00 Å². The van der Waals surface area contributed by atoms with Crippen LogP contribution in [0.1, 0.15) is 16.1 Å². The predicted molar refractivity (Wildman–Crippen MR) is 92.1 cm³/mol. The fourth-order valence-electron chi connectivity index (χ4n) is 3.18. The summed E-state index contributed by atoms with van der Waals surface area (Å²) >= 11 is 1.76. The smallest absolute Gasteiger partial charge is 0.253 e. The summed E-state index contributed by atoms with van der Waals surface area (Å²) in [5.41, 5.74) is 1.56. The molecule has 1 atom stereocenters. The topological polar surface area (TPSA) is 82.3 Å². The summed E-state index contributed by atoms with van der Waals surface area (Å²) in [4.78, 5) is 26.5. The van der Waals surface area contributed by atoms with E-state index in [0.717, 1.165) is 13.0 Å². The van der Waals surface area contributed by atoms with Gasteiger partial charge in [-0.2, -0.15) is 5.26 Å². The summed E-state index contributed by atoms with van der Waals surface area (Å²) < 4.78 is 5.72. The molecule has 0 bridgehead atoms. The number of carbonyl (C=O) groups excluding carboxylic acids is 1. The van der Waals surface area contributed by atoms with Gasteiger partial charge in [0, 0.05) is 30.7 Å². The van der Waals surface area contributed by atoms with Crippen molar-refractivity contribution in [3.05, 3.63) is 39.8 Å². The Morgan fingerprint density at radius 3 is 3.20 bits per heavy atom. The number of carbonyl (C=O) groups is 1. The monoisotopic (exact) mass is 355 g/mol. The van der Waals surface area contributed by atoms with Crippen LogP contribution in [0, 0.1) is 11.3 Å². The van der Waals surface area contributed by atoms with E-state index in [1.54, 1.807) is 23.6 Å². The van der Waals surface area contributed by atoms with Gasteiger partial charge in [0.15, 0.2) is 6.10 Å². The van der Waals surface area contributed by atoms with Crippen molar-refractivity contribution in [2.24, 2.45) is 0 Å². The molecule has 2 aliphatic rings. The van der Waals surface area contributed by atoms with Gasteiger partial charge in [0.25, 0.3) is 5.91 Å². The van der Waals surface area contributed by atoms with Gasteiger partial charge in [0.05, 0.1) is 13.2 Å². The molecule has 0 saturated carbocycles. The third kappa shape index (κ3) is 3.21. The molecule has 0 radical (unpaired) electrons. The van der Waals surface area contributed by atoms with E-state index in [0.29, 0.717) is 37.9 Å². The second kappa shape index (κ2) is 6.78. The fourth-order valence-corrected chi connectivity index (χ4v) is 4.07. The number of hydrogen-bond donors (Lipinski definition) is 0. The average Bonchev–Trinajstić information content (AvgIpc) is 3.15. The van der Waals surface area contributed by atoms with Gasteiger partial charge in [-0.1, -0.05) is 0 Å². The molecule has 25 heavy (non-hydrogen) atoms. The Morgan fingerprint density at radius 2 is 2.32 bits per heavy atom. The Balaban J connectivity index is 1.46. The van der Waals surface area contributed by atoms with E-state index in [1.165, 1.54) is 10.4 Å². The van der Waals surface area contributed by atoms with Crippen LogP contribution in [0.5, 0.6) is 0 Å². The van der Waals surface area contributed by atoms with Gasteiger partial charge in [-0.25, -0.2) is 9.97 Å². The molecule has 0 spiro atoms. The first kappa shape index (κ1) is 16.0. The van der Waals surface area contributed by atoms with Gasteiger partial charge < -0.3 is 14.5 Å². The highest BCUT2D eigenvalue weighted by Crippen LogP contribution is 2.25. The predicted octanol–water partition coefficient (Wildman–Crippen LogP) is 1.20. The number of hydrogen-bond acceptors (Lipinski definition) is 7. The zero-order valence-corrected chi connectivity index (χ0v) is 14.4. The average molecular weight is 355 g/mol. The van der Waals surface area contributed by atoms with Crippen LogP contribution in [0.3, 0.4) is 0 Å². The Morgan fingerprint density at radius 1 is 1.40 bits per heavy atom. The van der Waals surface area contributed by atoms with Gasteiger partial charge in [-0.05, 0) is 29.5 Å². The quantitative estimate of drug-likeness (QED) is 0.805. The molecule has 1 amide bonds. The molecule has 2 aromatic rings. The van der Waals surface area contributed by atoms with Crippen LogP contribution in [0.25, 0.3) is 0 Å². The minimum Gasteiger partial charge on any atom is -0.365 e. The van der Waals surface area contributed by atoms with Crippen molar-refractivity contribution in [3.63, 3.8) is 0 Å². The number of anilines is 1. The van der Waals surface area contributed by atoms with E-state index in [9.17, 15) is 4.79 Å². The van der Waals surface area contributed by atoms with Gasteiger partial charge in [0.1, 0.15) is 11.8 Å². The lowest BCUT2D eigenvalue weighted by atomic mass is 10.1. The number of amides is 1. The van der Waals surface area contributed by atoms with Crippen molar-refractivity contribution in [1.82, 2.24) is 14.9 Å². The van der Waals surface area contributed by atoms with Crippen LogP contribution in [0.4, 0.5) is 5.95 Å². The van der Waals surface area contributed by atoms with Crippen LogP contribution in [-0.2, 0) is 22.5 Å². The molecule has 1 unspecified atom stereocenters. The zero-order valence-electron chi connectivity index (χ0n) is 13.6. The number of rotatable bonds is 2. The molecule has 8 heteroatoms. The first-order valence-corrected chi connectivity index (χ1v) is 9.06. The minimum atomic E-state index is -0.525. The highest BCUT2D eigenvalue weighted by Gasteiger charge is 2.33. The van der Waals surface area contributed by atoms with E-state index < -0.39 is 6.10 Å². The summed E-state index contributed by atoms with van der Waals surface area (Å²) in [5, 5.41) is 11.1. The second-order valence-electron chi connectivity index (χ2n) is 6.04. The molecule has 7 nitrogen and oxygen atoms in total. The second-order valence-corrected chi connectivity index (χ2v) is 7.04. The number of aromatic nitrogens is 2. The number of nitrogens with zero attached hydrogens (tertiary/aromatic N) is 5. The summed E-state index contributed by atoms with van der Waals surface area (Å²) in [7, 11) is 0. The van der Waals surface area contributed by atoms with Crippen LogP contribution < -0.4 is 4.90 Å². The number of morpholine rings is 1. The normalized spacial score (nSPS) is 20.0. The number of fused-ring (bicyclic) bond motifs is 1. The maximum Gasteiger partial charge on any atom is 0.253 e. The third-order valence-corrected chi connectivity index (χ3v) is 5.52. The Bertz CT molecular complexity index is 830. The molecule has 4 rings (SSSR count). The first-order valence-electron chi connectivity index (χ1n) is 8.18. The van der Waals surface area contributed by atoms with Gasteiger partial charge in [0.2, 0.25) is 5.95 Å². The Hall–Kier alpha value is -2.50. The van der Waals surface area contributed by atoms with Crippen LogP contribution in [0.2, 0.25) is 0 Å². The summed E-state index contributed by atoms with van der Waals surface area (Å²) in [5.74, 6) is 0.483. The maximum absolute atomic E-state index is 12.9. The van der Waals surface area contributed by atoms with E-state index in [1.807, 2.05) is 15.9 Å².